The van der Waals surface area contributed by atoms with E-state index < -0.39 is 9.96 Å². The van der Waals surface area contributed by atoms with Gasteiger partial charge in [0.1, 0.15) is 5.10 Å². The number of rotatable bonds is 6. The zero-order valence-corrected chi connectivity index (χ0v) is 14.9. The van der Waals surface area contributed by atoms with Crippen LogP contribution in [0.4, 0.5) is 5.69 Å². The second-order valence-corrected chi connectivity index (χ2v) is 6.65. The molecule has 10 nitrogen and oxygen atoms in total. The Hall–Kier alpha value is -3.01. The van der Waals surface area contributed by atoms with E-state index in [9.17, 15) is 20.2 Å². The number of benzene rings is 1. The van der Waals surface area contributed by atoms with Crippen molar-refractivity contribution < 1.29 is 14.7 Å². The van der Waals surface area contributed by atoms with Crippen molar-refractivity contribution in [1.29, 1.82) is 0 Å². The highest BCUT2D eigenvalue weighted by Gasteiger charge is 2.32. The Bertz CT molecular complexity index is 781. The summed E-state index contributed by atoms with van der Waals surface area (Å²) < 4.78 is 5.57. The third kappa shape index (κ3) is 4.59. The van der Waals surface area contributed by atoms with Crippen molar-refractivity contribution in [2.45, 2.75) is 19.4 Å². The number of para-hydroxylation sites is 1. The summed E-state index contributed by atoms with van der Waals surface area (Å²) in [5.74, 6) is 0.547. The molecule has 2 aliphatic heterocycles. The lowest BCUT2D eigenvalue weighted by Crippen LogP contribution is -2.35. The molecule has 2 heterocycles. The Kier molecular flexibility index (Phi) is 5.65. The highest BCUT2D eigenvalue weighted by atomic mass is 16.7. The van der Waals surface area contributed by atoms with Crippen LogP contribution < -0.4 is 0 Å². The van der Waals surface area contributed by atoms with E-state index in [2.05, 4.69) is 5.10 Å². The van der Waals surface area contributed by atoms with E-state index in [1.54, 1.807) is 35.4 Å². The van der Waals surface area contributed by atoms with Crippen LogP contribution in [0.15, 0.2) is 35.6 Å². The first-order valence-electron chi connectivity index (χ1n) is 8.72. The topological polar surface area (TPSA) is 114 Å². The minimum atomic E-state index is -0.715. The van der Waals surface area contributed by atoms with Gasteiger partial charge in [-0.15, -0.1) is 0 Å². The van der Waals surface area contributed by atoms with Gasteiger partial charge in [0.2, 0.25) is 0 Å². The Labute approximate surface area is 156 Å². The predicted octanol–water partition coefficient (Wildman–Crippen LogP) is 2.16. The molecule has 0 N–H and O–H groups in total. The van der Waals surface area contributed by atoms with Crippen molar-refractivity contribution in [3.63, 3.8) is 0 Å². The molecule has 1 aromatic carbocycles. The molecular weight excluding hydrogens is 354 g/mol. The van der Waals surface area contributed by atoms with Gasteiger partial charge in [-0.05, 0) is 25.5 Å². The Morgan fingerprint density at radius 2 is 2.07 bits per heavy atom. The number of nitrogens with zero attached hydrogens (tertiary/aromatic N) is 5. The summed E-state index contributed by atoms with van der Waals surface area (Å²) in [6.07, 6.45) is 4.30. The van der Waals surface area contributed by atoms with Gasteiger partial charge in [0.15, 0.2) is 5.03 Å². The molecule has 2 atom stereocenters. The summed E-state index contributed by atoms with van der Waals surface area (Å²) in [7, 11) is 0. The van der Waals surface area contributed by atoms with E-state index >= 15 is 0 Å². The van der Waals surface area contributed by atoms with Gasteiger partial charge in [-0.1, -0.05) is 12.1 Å². The third-order valence-electron chi connectivity index (χ3n) is 4.65. The summed E-state index contributed by atoms with van der Waals surface area (Å²) in [4.78, 5) is 25.2. The molecule has 2 saturated heterocycles. The number of nitro groups is 2. The highest BCUT2D eigenvalue weighted by molar-refractivity contribution is 5.83. The smallest absolute Gasteiger partial charge is 0.278 e. The van der Waals surface area contributed by atoms with E-state index in [0.29, 0.717) is 37.7 Å². The first kappa shape index (κ1) is 18.8. The summed E-state index contributed by atoms with van der Waals surface area (Å²) in [5, 5.41) is 24.9. The quantitative estimate of drug-likeness (QED) is 0.553. The van der Waals surface area contributed by atoms with Crippen molar-refractivity contribution in [2.24, 2.45) is 11.0 Å². The molecule has 0 aromatic heterocycles. The minimum Gasteiger partial charge on any atom is -0.378 e. The predicted molar refractivity (Wildman–Crippen MR) is 98.4 cm³/mol. The summed E-state index contributed by atoms with van der Waals surface area (Å²) in [6, 6.07) is 6.35. The SMILES string of the molecule is CC1CC(CN2CCN(C=Cc3ccccc3[N+](=O)[O-])C2=N[N+](=O)[O-])CO1. The molecule has 144 valence electrons. The highest BCUT2D eigenvalue weighted by Crippen LogP contribution is 2.23. The first-order chi connectivity index (χ1) is 12.9. The third-order valence-corrected chi connectivity index (χ3v) is 4.65. The maximum Gasteiger partial charge on any atom is 0.278 e. The largest absolute Gasteiger partial charge is 0.378 e. The Morgan fingerprint density at radius 3 is 2.74 bits per heavy atom. The molecule has 2 aliphatic rings. The van der Waals surface area contributed by atoms with Crippen LogP contribution in [0.2, 0.25) is 0 Å². The lowest BCUT2D eigenvalue weighted by molar-refractivity contribution is -0.486. The van der Waals surface area contributed by atoms with Gasteiger partial charge >= 0.3 is 0 Å². The van der Waals surface area contributed by atoms with Crippen LogP contribution in [0.1, 0.15) is 18.9 Å². The second kappa shape index (κ2) is 8.12. The van der Waals surface area contributed by atoms with Gasteiger partial charge in [-0.25, -0.2) is 10.1 Å². The molecule has 1 aromatic rings. The van der Waals surface area contributed by atoms with Crippen LogP contribution in [-0.2, 0) is 4.74 Å². The van der Waals surface area contributed by atoms with Crippen molar-refractivity contribution in [1.82, 2.24) is 9.80 Å². The van der Waals surface area contributed by atoms with Crippen LogP contribution in [0.25, 0.3) is 6.08 Å². The fourth-order valence-corrected chi connectivity index (χ4v) is 3.43. The maximum absolute atomic E-state index is 11.1. The zero-order chi connectivity index (χ0) is 19.4. The Morgan fingerprint density at radius 1 is 1.30 bits per heavy atom. The molecular formula is C17H21N5O5. The fraction of sp³-hybridized carbons (Fsp3) is 0.471. The summed E-state index contributed by atoms with van der Waals surface area (Å²) >= 11 is 0. The number of hydrogen-bond donors (Lipinski definition) is 0. The van der Waals surface area contributed by atoms with Gasteiger partial charge in [-0.2, -0.15) is 0 Å². The average molecular weight is 375 g/mol. The molecule has 0 spiro atoms. The van der Waals surface area contributed by atoms with Gasteiger partial charge in [0, 0.05) is 37.8 Å². The fourth-order valence-electron chi connectivity index (χ4n) is 3.43. The van der Waals surface area contributed by atoms with Gasteiger partial charge in [-0.3, -0.25) is 10.1 Å². The lowest BCUT2D eigenvalue weighted by atomic mass is 10.1. The number of hydrazone groups is 1. The van der Waals surface area contributed by atoms with Gasteiger partial charge in [0.05, 0.1) is 23.2 Å². The molecule has 2 unspecified atom stereocenters. The molecule has 10 heteroatoms. The summed E-state index contributed by atoms with van der Waals surface area (Å²) in [5.41, 5.74) is 0.411. The molecule has 0 amide bonds. The Balaban J connectivity index is 1.77. The van der Waals surface area contributed by atoms with Crippen molar-refractivity contribution >= 4 is 17.7 Å². The van der Waals surface area contributed by atoms with Crippen LogP contribution in [0, 0.1) is 26.1 Å². The van der Waals surface area contributed by atoms with Gasteiger partial charge in [0.25, 0.3) is 11.6 Å². The number of hydrogen-bond acceptors (Lipinski definition) is 5. The average Bonchev–Trinajstić information content (AvgIpc) is 3.20. The maximum atomic E-state index is 11.1. The monoisotopic (exact) mass is 375 g/mol. The zero-order valence-electron chi connectivity index (χ0n) is 14.9. The molecule has 27 heavy (non-hydrogen) atoms. The minimum absolute atomic E-state index is 0.0188. The molecule has 3 rings (SSSR count). The molecule has 0 aliphatic carbocycles. The standard InChI is InChI=1S/C17H21N5O5/c1-13-10-14(12-27-13)11-20-9-8-19(17(20)18-22(25)26)7-6-15-4-2-3-5-16(15)21(23)24/h2-7,13-14H,8-12H2,1H3. The molecule has 2 fully saturated rings. The van der Waals surface area contributed by atoms with E-state index in [1.165, 1.54) is 6.07 Å². The second-order valence-electron chi connectivity index (χ2n) is 6.65. The molecule has 0 radical (unpaired) electrons. The van der Waals surface area contributed by atoms with Gasteiger partial charge < -0.3 is 14.5 Å². The van der Waals surface area contributed by atoms with Crippen LogP contribution in [-0.4, -0.2) is 58.1 Å². The molecule has 0 saturated carbocycles. The van der Waals surface area contributed by atoms with E-state index in [1.807, 2.05) is 11.8 Å². The van der Waals surface area contributed by atoms with Crippen molar-refractivity contribution in [2.75, 3.05) is 26.2 Å². The van der Waals surface area contributed by atoms with Crippen molar-refractivity contribution in [3.05, 3.63) is 56.3 Å². The number of guanidine groups is 1. The van der Waals surface area contributed by atoms with Crippen LogP contribution >= 0.6 is 0 Å². The number of ether oxygens (including phenoxy) is 1. The normalized spacial score (nSPS) is 24.3. The van der Waals surface area contributed by atoms with E-state index in [4.69, 9.17) is 4.74 Å². The molecule has 0 bridgehead atoms. The summed E-state index contributed by atoms with van der Waals surface area (Å²) in [6.45, 7) is 4.39. The van der Waals surface area contributed by atoms with E-state index in [0.717, 1.165) is 6.42 Å². The van der Waals surface area contributed by atoms with Crippen molar-refractivity contribution in [3.8, 4) is 0 Å². The van der Waals surface area contributed by atoms with E-state index in [-0.39, 0.29) is 17.8 Å². The van der Waals surface area contributed by atoms with Crippen LogP contribution in [0.5, 0.6) is 0 Å². The lowest BCUT2D eigenvalue weighted by Gasteiger charge is -2.21. The van der Waals surface area contributed by atoms with Crippen LogP contribution in [0.3, 0.4) is 0 Å². The first-order valence-corrected chi connectivity index (χ1v) is 8.72. The number of nitro benzene ring substituents is 1.